The van der Waals surface area contributed by atoms with Crippen molar-refractivity contribution >= 4 is 23.4 Å². The molecule has 0 aliphatic carbocycles. The highest BCUT2D eigenvalue weighted by Gasteiger charge is 2.15. The number of ether oxygens (including phenoxy) is 1. The number of methoxy groups -OCH3 is 1. The first-order chi connectivity index (χ1) is 9.51. The maximum absolute atomic E-state index is 11.5. The quantitative estimate of drug-likeness (QED) is 0.530. The van der Waals surface area contributed by atoms with E-state index in [1.165, 1.54) is 7.11 Å². The molecule has 2 rings (SSSR count). The lowest BCUT2D eigenvalue weighted by atomic mass is 10.2. The monoisotopic (exact) mass is 291 g/mol. The molecule has 0 unspecified atom stereocenters. The molecular formula is C15H17NO3S. The van der Waals surface area contributed by atoms with Crippen LogP contribution in [0.5, 0.6) is 0 Å². The van der Waals surface area contributed by atoms with E-state index in [9.17, 15) is 4.79 Å². The van der Waals surface area contributed by atoms with Gasteiger partial charge in [-0.3, -0.25) is 0 Å². The second-order valence-electron chi connectivity index (χ2n) is 4.50. The molecule has 0 atom stereocenters. The summed E-state index contributed by atoms with van der Waals surface area (Å²) in [4.78, 5) is 12.5. The Balaban J connectivity index is 2.11. The summed E-state index contributed by atoms with van der Waals surface area (Å²) in [6, 6.07) is 7.63. The molecule has 2 aromatic rings. The minimum absolute atomic E-state index is 0.377. The summed E-state index contributed by atoms with van der Waals surface area (Å²) < 4.78 is 10.3. The fourth-order valence-electron chi connectivity index (χ4n) is 1.84. The van der Waals surface area contributed by atoms with Gasteiger partial charge in [-0.2, -0.15) is 0 Å². The predicted octanol–water partition coefficient (Wildman–Crippen LogP) is 3.56. The zero-order valence-electron chi connectivity index (χ0n) is 11.7. The van der Waals surface area contributed by atoms with Gasteiger partial charge in [0.05, 0.1) is 12.9 Å². The van der Waals surface area contributed by atoms with E-state index in [-0.39, 0.29) is 5.97 Å². The lowest BCUT2D eigenvalue weighted by molar-refractivity contribution is 0.0599. The third-order valence-electron chi connectivity index (χ3n) is 2.91. The molecule has 0 saturated carbocycles. The highest BCUT2D eigenvalue weighted by Crippen LogP contribution is 2.30. The summed E-state index contributed by atoms with van der Waals surface area (Å²) in [5, 5.41) is 0. The van der Waals surface area contributed by atoms with Gasteiger partial charge in [-0.05, 0) is 37.6 Å². The van der Waals surface area contributed by atoms with Gasteiger partial charge in [0.15, 0.2) is 0 Å². The van der Waals surface area contributed by atoms with Crippen molar-refractivity contribution in [2.75, 3.05) is 12.8 Å². The normalized spacial score (nSPS) is 10.6. The van der Waals surface area contributed by atoms with Gasteiger partial charge in [0.1, 0.15) is 17.1 Å². The standard InChI is InChI=1S/C15H17NO3S/c1-9-4-5-13(16)14(6-9)20-8-11-7-12(10(2)19-11)15(17)18-3/h4-7H,8,16H2,1-3H3. The third kappa shape index (κ3) is 3.17. The highest BCUT2D eigenvalue weighted by molar-refractivity contribution is 7.98. The van der Waals surface area contributed by atoms with Crippen LogP contribution >= 0.6 is 11.8 Å². The molecule has 106 valence electrons. The van der Waals surface area contributed by atoms with Crippen LogP contribution in [0.3, 0.4) is 0 Å². The Morgan fingerprint density at radius 1 is 1.35 bits per heavy atom. The maximum atomic E-state index is 11.5. The molecule has 4 nitrogen and oxygen atoms in total. The smallest absolute Gasteiger partial charge is 0.341 e. The first-order valence-electron chi connectivity index (χ1n) is 6.18. The van der Waals surface area contributed by atoms with E-state index in [0.717, 1.165) is 21.9 Å². The zero-order valence-corrected chi connectivity index (χ0v) is 12.5. The number of carbonyl (C=O) groups is 1. The average Bonchev–Trinajstić information content (AvgIpc) is 2.80. The lowest BCUT2D eigenvalue weighted by Crippen LogP contribution is -2.00. The molecule has 0 aliphatic rings. The van der Waals surface area contributed by atoms with Gasteiger partial charge in [0, 0.05) is 10.6 Å². The lowest BCUT2D eigenvalue weighted by Gasteiger charge is -2.05. The van der Waals surface area contributed by atoms with Gasteiger partial charge < -0.3 is 14.9 Å². The van der Waals surface area contributed by atoms with Crippen LogP contribution in [-0.4, -0.2) is 13.1 Å². The number of furan rings is 1. The van der Waals surface area contributed by atoms with E-state index in [2.05, 4.69) is 0 Å². The fraction of sp³-hybridized carbons (Fsp3) is 0.267. The van der Waals surface area contributed by atoms with Crippen LogP contribution in [0, 0.1) is 13.8 Å². The number of nitrogen functional groups attached to an aromatic ring is 1. The number of anilines is 1. The summed E-state index contributed by atoms with van der Waals surface area (Å²) in [6.45, 7) is 3.78. The van der Waals surface area contributed by atoms with Crippen molar-refractivity contribution in [3.63, 3.8) is 0 Å². The molecule has 0 spiro atoms. The summed E-state index contributed by atoms with van der Waals surface area (Å²) in [5.41, 5.74) is 8.31. The maximum Gasteiger partial charge on any atom is 0.341 e. The van der Waals surface area contributed by atoms with Crippen LogP contribution < -0.4 is 5.73 Å². The average molecular weight is 291 g/mol. The summed E-state index contributed by atoms with van der Waals surface area (Å²) >= 11 is 1.58. The van der Waals surface area contributed by atoms with E-state index in [1.54, 1.807) is 24.8 Å². The summed E-state index contributed by atoms with van der Waals surface area (Å²) in [7, 11) is 1.36. The Morgan fingerprint density at radius 3 is 2.80 bits per heavy atom. The minimum atomic E-state index is -0.377. The number of hydrogen-bond acceptors (Lipinski definition) is 5. The van der Waals surface area contributed by atoms with Crippen LogP contribution in [0.25, 0.3) is 0 Å². The Morgan fingerprint density at radius 2 is 2.10 bits per heavy atom. The molecule has 0 saturated heterocycles. The van der Waals surface area contributed by atoms with Gasteiger partial charge in [-0.15, -0.1) is 11.8 Å². The van der Waals surface area contributed by atoms with Crippen molar-refractivity contribution < 1.29 is 13.9 Å². The molecule has 0 amide bonds. The van der Waals surface area contributed by atoms with Gasteiger partial charge in [-0.25, -0.2) is 4.79 Å². The molecule has 0 radical (unpaired) electrons. The van der Waals surface area contributed by atoms with Crippen molar-refractivity contribution in [3.8, 4) is 0 Å². The van der Waals surface area contributed by atoms with E-state index in [0.29, 0.717) is 17.1 Å². The van der Waals surface area contributed by atoms with Gasteiger partial charge in [0.2, 0.25) is 0 Å². The number of aryl methyl sites for hydroxylation is 2. The predicted molar refractivity (Wildman–Crippen MR) is 79.9 cm³/mol. The van der Waals surface area contributed by atoms with Crippen LogP contribution in [0.15, 0.2) is 33.6 Å². The van der Waals surface area contributed by atoms with Crippen LogP contribution in [0.1, 0.15) is 27.4 Å². The second-order valence-corrected chi connectivity index (χ2v) is 5.52. The summed E-state index contributed by atoms with van der Waals surface area (Å²) in [6.07, 6.45) is 0. The second kappa shape index (κ2) is 6.05. The first kappa shape index (κ1) is 14.5. The van der Waals surface area contributed by atoms with E-state index < -0.39 is 0 Å². The molecule has 0 aliphatic heterocycles. The van der Waals surface area contributed by atoms with Crippen LogP contribution in [0.2, 0.25) is 0 Å². The Bertz CT molecular complexity index is 634. The third-order valence-corrected chi connectivity index (χ3v) is 4.01. The zero-order chi connectivity index (χ0) is 14.7. The molecule has 0 bridgehead atoms. The number of benzene rings is 1. The van der Waals surface area contributed by atoms with E-state index >= 15 is 0 Å². The van der Waals surface area contributed by atoms with Crippen molar-refractivity contribution in [3.05, 3.63) is 46.9 Å². The minimum Gasteiger partial charge on any atom is -0.465 e. The number of rotatable bonds is 4. The molecule has 1 aromatic heterocycles. The van der Waals surface area contributed by atoms with Gasteiger partial charge in [0.25, 0.3) is 0 Å². The summed E-state index contributed by atoms with van der Waals surface area (Å²) in [5.74, 6) is 1.54. The van der Waals surface area contributed by atoms with Crippen molar-refractivity contribution in [1.29, 1.82) is 0 Å². The van der Waals surface area contributed by atoms with Crippen molar-refractivity contribution in [2.24, 2.45) is 0 Å². The molecule has 5 heteroatoms. The first-order valence-corrected chi connectivity index (χ1v) is 7.16. The number of esters is 1. The molecule has 20 heavy (non-hydrogen) atoms. The number of carbonyl (C=O) groups excluding carboxylic acids is 1. The molecular weight excluding hydrogens is 274 g/mol. The van der Waals surface area contributed by atoms with Crippen LogP contribution in [-0.2, 0) is 10.5 Å². The largest absolute Gasteiger partial charge is 0.465 e. The SMILES string of the molecule is COC(=O)c1cc(CSc2cc(C)ccc2N)oc1C. The van der Waals surface area contributed by atoms with Crippen molar-refractivity contribution in [2.45, 2.75) is 24.5 Å². The molecule has 1 heterocycles. The van der Waals surface area contributed by atoms with E-state index in [4.69, 9.17) is 14.9 Å². The Labute approximate surface area is 122 Å². The molecule has 2 N–H and O–H groups in total. The Kier molecular flexibility index (Phi) is 4.39. The van der Waals surface area contributed by atoms with Gasteiger partial charge in [-0.1, -0.05) is 6.07 Å². The Hall–Kier alpha value is -1.88. The van der Waals surface area contributed by atoms with Crippen molar-refractivity contribution in [1.82, 2.24) is 0 Å². The topological polar surface area (TPSA) is 65.5 Å². The van der Waals surface area contributed by atoms with Gasteiger partial charge >= 0.3 is 5.97 Å². The fourth-order valence-corrected chi connectivity index (χ4v) is 2.79. The number of nitrogens with two attached hydrogens (primary N) is 1. The molecule has 0 fully saturated rings. The molecule has 1 aromatic carbocycles. The number of thioether (sulfide) groups is 1. The highest BCUT2D eigenvalue weighted by atomic mass is 32.2. The van der Waals surface area contributed by atoms with E-state index in [1.807, 2.05) is 25.1 Å². The number of hydrogen-bond donors (Lipinski definition) is 1. The van der Waals surface area contributed by atoms with Crippen LogP contribution in [0.4, 0.5) is 5.69 Å².